The SMILES string of the molecule is Cc1ccc([N+](=O)[O-])cc1C1CO1. The van der Waals surface area contributed by atoms with Crippen LogP contribution in [0.1, 0.15) is 17.2 Å². The first-order valence-electron chi connectivity index (χ1n) is 4.05. The molecule has 68 valence electrons. The van der Waals surface area contributed by atoms with Gasteiger partial charge in [-0.05, 0) is 18.1 Å². The lowest BCUT2D eigenvalue weighted by molar-refractivity contribution is -0.384. The summed E-state index contributed by atoms with van der Waals surface area (Å²) >= 11 is 0. The summed E-state index contributed by atoms with van der Waals surface area (Å²) < 4.78 is 5.09. The molecule has 13 heavy (non-hydrogen) atoms. The zero-order valence-corrected chi connectivity index (χ0v) is 7.19. The topological polar surface area (TPSA) is 55.7 Å². The molecular weight excluding hydrogens is 170 g/mol. The van der Waals surface area contributed by atoms with Crippen LogP contribution in [0, 0.1) is 17.0 Å². The summed E-state index contributed by atoms with van der Waals surface area (Å²) in [6.07, 6.45) is 0.0832. The summed E-state index contributed by atoms with van der Waals surface area (Å²) in [6, 6.07) is 4.86. The highest BCUT2D eigenvalue weighted by Crippen LogP contribution is 2.33. The Labute approximate surface area is 75.3 Å². The summed E-state index contributed by atoms with van der Waals surface area (Å²) in [7, 11) is 0. The van der Waals surface area contributed by atoms with E-state index in [0.717, 1.165) is 11.1 Å². The van der Waals surface area contributed by atoms with Crippen molar-refractivity contribution in [3.8, 4) is 0 Å². The number of nitro benzene ring substituents is 1. The van der Waals surface area contributed by atoms with Gasteiger partial charge in [-0.2, -0.15) is 0 Å². The van der Waals surface area contributed by atoms with Crippen molar-refractivity contribution in [3.63, 3.8) is 0 Å². The monoisotopic (exact) mass is 179 g/mol. The van der Waals surface area contributed by atoms with Crippen molar-refractivity contribution >= 4 is 5.69 Å². The highest BCUT2D eigenvalue weighted by Gasteiger charge is 2.27. The Morgan fingerprint density at radius 1 is 1.62 bits per heavy atom. The zero-order valence-electron chi connectivity index (χ0n) is 7.19. The largest absolute Gasteiger partial charge is 0.368 e. The number of nitrogens with zero attached hydrogens (tertiary/aromatic N) is 1. The average Bonchev–Trinajstić information content (AvgIpc) is 2.87. The Hall–Kier alpha value is -1.42. The third-order valence-electron chi connectivity index (χ3n) is 2.15. The molecule has 1 aliphatic rings. The fourth-order valence-electron chi connectivity index (χ4n) is 1.32. The standard InChI is InChI=1S/C9H9NO3/c1-6-2-3-7(10(11)12)4-8(6)9-5-13-9/h2-4,9H,5H2,1H3. The molecule has 0 radical (unpaired) electrons. The summed E-state index contributed by atoms with van der Waals surface area (Å²) in [4.78, 5) is 10.1. The maximum Gasteiger partial charge on any atom is 0.269 e. The molecule has 2 rings (SSSR count). The van der Waals surface area contributed by atoms with Gasteiger partial charge in [0.25, 0.3) is 5.69 Å². The van der Waals surface area contributed by atoms with E-state index >= 15 is 0 Å². The number of rotatable bonds is 2. The molecule has 1 heterocycles. The smallest absolute Gasteiger partial charge is 0.269 e. The number of epoxide rings is 1. The van der Waals surface area contributed by atoms with Gasteiger partial charge in [-0.1, -0.05) is 6.07 Å². The van der Waals surface area contributed by atoms with E-state index in [1.807, 2.05) is 6.92 Å². The van der Waals surface area contributed by atoms with Crippen LogP contribution >= 0.6 is 0 Å². The Bertz CT molecular complexity index is 358. The number of hydrogen-bond donors (Lipinski definition) is 0. The first-order chi connectivity index (χ1) is 6.18. The zero-order chi connectivity index (χ0) is 9.42. The van der Waals surface area contributed by atoms with Gasteiger partial charge >= 0.3 is 0 Å². The quantitative estimate of drug-likeness (QED) is 0.396. The van der Waals surface area contributed by atoms with E-state index in [4.69, 9.17) is 4.74 Å². The van der Waals surface area contributed by atoms with E-state index < -0.39 is 0 Å². The van der Waals surface area contributed by atoms with Crippen LogP contribution in [0.15, 0.2) is 18.2 Å². The Morgan fingerprint density at radius 3 is 2.85 bits per heavy atom. The maximum absolute atomic E-state index is 10.5. The van der Waals surface area contributed by atoms with E-state index in [-0.39, 0.29) is 16.7 Å². The van der Waals surface area contributed by atoms with Crippen LogP contribution in [-0.2, 0) is 4.74 Å². The fraction of sp³-hybridized carbons (Fsp3) is 0.333. The molecule has 4 heteroatoms. The predicted octanol–water partition coefficient (Wildman–Crippen LogP) is 1.97. The Kier molecular flexibility index (Phi) is 1.77. The predicted molar refractivity (Wildman–Crippen MR) is 46.5 cm³/mol. The van der Waals surface area contributed by atoms with Gasteiger partial charge in [-0.25, -0.2) is 0 Å². The van der Waals surface area contributed by atoms with Crippen molar-refractivity contribution < 1.29 is 9.66 Å². The van der Waals surface area contributed by atoms with E-state index in [0.29, 0.717) is 6.61 Å². The minimum atomic E-state index is -0.384. The van der Waals surface area contributed by atoms with Crippen molar-refractivity contribution in [2.45, 2.75) is 13.0 Å². The molecule has 0 aliphatic carbocycles. The molecule has 0 spiro atoms. The van der Waals surface area contributed by atoms with Crippen LogP contribution in [-0.4, -0.2) is 11.5 Å². The van der Waals surface area contributed by atoms with Gasteiger partial charge in [0.05, 0.1) is 11.5 Å². The molecule has 0 bridgehead atoms. The molecule has 1 aromatic carbocycles. The number of ether oxygens (including phenoxy) is 1. The Morgan fingerprint density at radius 2 is 2.31 bits per heavy atom. The van der Waals surface area contributed by atoms with Gasteiger partial charge in [-0.3, -0.25) is 10.1 Å². The van der Waals surface area contributed by atoms with Crippen molar-refractivity contribution in [1.82, 2.24) is 0 Å². The molecule has 1 aliphatic heterocycles. The van der Waals surface area contributed by atoms with E-state index in [9.17, 15) is 10.1 Å². The van der Waals surface area contributed by atoms with Crippen molar-refractivity contribution in [2.24, 2.45) is 0 Å². The van der Waals surface area contributed by atoms with Gasteiger partial charge < -0.3 is 4.74 Å². The molecule has 1 atom stereocenters. The van der Waals surface area contributed by atoms with E-state index in [1.165, 1.54) is 6.07 Å². The maximum atomic E-state index is 10.5. The van der Waals surface area contributed by atoms with Gasteiger partial charge in [0, 0.05) is 12.1 Å². The normalized spacial score (nSPS) is 19.9. The first-order valence-corrected chi connectivity index (χ1v) is 4.05. The molecule has 0 N–H and O–H groups in total. The van der Waals surface area contributed by atoms with Crippen molar-refractivity contribution in [2.75, 3.05) is 6.61 Å². The van der Waals surface area contributed by atoms with Crippen molar-refractivity contribution in [1.29, 1.82) is 0 Å². The highest BCUT2D eigenvalue weighted by molar-refractivity contribution is 5.41. The molecule has 1 saturated heterocycles. The van der Waals surface area contributed by atoms with Gasteiger partial charge in [-0.15, -0.1) is 0 Å². The third-order valence-corrected chi connectivity index (χ3v) is 2.15. The summed E-state index contributed by atoms with van der Waals surface area (Å²) in [5.41, 5.74) is 2.12. The lowest BCUT2D eigenvalue weighted by atomic mass is 10.1. The summed E-state index contributed by atoms with van der Waals surface area (Å²) in [6.45, 7) is 2.61. The number of aryl methyl sites for hydroxylation is 1. The number of non-ortho nitro benzene ring substituents is 1. The van der Waals surface area contributed by atoms with Crippen LogP contribution in [0.25, 0.3) is 0 Å². The van der Waals surface area contributed by atoms with E-state index in [2.05, 4.69) is 0 Å². The Balaban J connectivity index is 2.41. The second-order valence-electron chi connectivity index (χ2n) is 3.12. The van der Waals surface area contributed by atoms with Crippen LogP contribution in [0.4, 0.5) is 5.69 Å². The first kappa shape index (κ1) is 8.19. The molecule has 1 unspecified atom stereocenters. The second-order valence-corrected chi connectivity index (χ2v) is 3.12. The highest BCUT2D eigenvalue weighted by atomic mass is 16.6. The lowest BCUT2D eigenvalue weighted by Crippen LogP contribution is -1.92. The van der Waals surface area contributed by atoms with Gasteiger partial charge in [0.2, 0.25) is 0 Å². The minimum Gasteiger partial charge on any atom is -0.368 e. The van der Waals surface area contributed by atoms with Gasteiger partial charge in [0.1, 0.15) is 6.10 Å². The van der Waals surface area contributed by atoms with Gasteiger partial charge in [0.15, 0.2) is 0 Å². The minimum absolute atomic E-state index is 0.0832. The lowest BCUT2D eigenvalue weighted by Gasteiger charge is -2.00. The molecule has 0 saturated carbocycles. The molecule has 0 aromatic heterocycles. The second kappa shape index (κ2) is 2.81. The average molecular weight is 179 g/mol. The molecular formula is C9H9NO3. The summed E-state index contributed by atoms with van der Waals surface area (Å²) in [5, 5.41) is 10.5. The number of hydrogen-bond acceptors (Lipinski definition) is 3. The van der Waals surface area contributed by atoms with Crippen molar-refractivity contribution in [3.05, 3.63) is 39.4 Å². The number of benzene rings is 1. The molecule has 1 aromatic rings. The van der Waals surface area contributed by atoms with Crippen LogP contribution < -0.4 is 0 Å². The van der Waals surface area contributed by atoms with Crippen LogP contribution in [0.2, 0.25) is 0 Å². The van der Waals surface area contributed by atoms with Crippen LogP contribution in [0.3, 0.4) is 0 Å². The molecule has 0 amide bonds. The molecule has 1 fully saturated rings. The fourth-order valence-corrected chi connectivity index (χ4v) is 1.32. The summed E-state index contributed by atoms with van der Waals surface area (Å²) in [5.74, 6) is 0. The third kappa shape index (κ3) is 1.53. The molecule has 4 nitrogen and oxygen atoms in total. The number of nitro groups is 1. The van der Waals surface area contributed by atoms with E-state index in [1.54, 1.807) is 12.1 Å². The van der Waals surface area contributed by atoms with Crippen LogP contribution in [0.5, 0.6) is 0 Å².